The fourth-order valence-electron chi connectivity index (χ4n) is 5.65. The molecule has 5 rings (SSSR count). The highest BCUT2D eigenvalue weighted by Gasteiger charge is 2.42. The maximum atomic E-state index is 13.5. The van der Waals surface area contributed by atoms with Gasteiger partial charge in [0.25, 0.3) is 0 Å². The molecular formula is C26H32FN3O2. The van der Waals surface area contributed by atoms with Gasteiger partial charge in [-0.15, -0.1) is 0 Å². The van der Waals surface area contributed by atoms with Gasteiger partial charge in [-0.3, -0.25) is 4.79 Å². The van der Waals surface area contributed by atoms with Crippen molar-refractivity contribution in [3.05, 3.63) is 53.8 Å². The Morgan fingerprint density at radius 2 is 1.84 bits per heavy atom. The van der Waals surface area contributed by atoms with Crippen LogP contribution in [0.5, 0.6) is 5.75 Å². The largest absolute Gasteiger partial charge is 0.497 e. The number of carbonyl (C=O) groups is 1. The Labute approximate surface area is 189 Å². The molecule has 2 unspecified atom stereocenters. The molecule has 1 aliphatic carbocycles. The summed E-state index contributed by atoms with van der Waals surface area (Å²) in [5.41, 5.74) is 3.39. The van der Waals surface area contributed by atoms with E-state index in [1.54, 1.807) is 7.11 Å². The molecule has 0 radical (unpaired) electrons. The van der Waals surface area contributed by atoms with E-state index >= 15 is 0 Å². The number of carbonyl (C=O) groups excluding carboxylic acids is 1. The van der Waals surface area contributed by atoms with Crippen LogP contribution in [0.2, 0.25) is 0 Å². The van der Waals surface area contributed by atoms with E-state index in [4.69, 9.17) is 4.74 Å². The number of nitrogens with zero attached hydrogens (tertiary/aromatic N) is 2. The molecule has 1 saturated heterocycles. The molecule has 5 nitrogen and oxygen atoms in total. The van der Waals surface area contributed by atoms with E-state index in [0.717, 1.165) is 50.3 Å². The van der Waals surface area contributed by atoms with Crippen molar-refractivity contribution in [1.82, 2.24) is 5.32 Å². The topological polar surface area (TPSA) is 44.8 Å². The van der Waals surface area contributed by atoms with Crippen LogP contribution >= 0.6 is 0 Å². The van der Waals surface area contributed by atoms with Crippen molar-refractivity contribution >= 4 is 17.3 Å². The van der Waals surface area contributed by atoms with E-state index in [-0.39, 0.29) is 23.7 Å². The smallest absolute Gasteiger partial charge is 0.225 e. The zero-order valence-corrected chi connectivity index (χ0v) is 18.7. The molecule has 2 aromatic rings. The summed E-state index contributed by atoms with van der Waals surface area (Å²) in [6, 6.07) is 13.3. The molecule has 3 aliphatic rings. The predicted molar refractivity (Wildman–Crippen MR) is 125 cm³/mol. The standard InChI is InChI=1S/C26H32FN3O2/c1-32-22-12-7-18-15-23(26(31)28-20-5-3-2-4-6-20)25-17-29(13-14-30(25)24(18)16-22)21-10-8-19(27)9-11-21/h7-12,16,20,23,25H,2-6,13-15,17H2,1H3,(H,28,31). The first-order chi connectivity index (χ1) is 15.6. The number of nitrogens with one attached hydrogen (secondary N) is 1. The van der Waals surface area contributed by atoms with E-state index in [9.17, 15) is 9.18 Å². The van der Waals surface area contributed by atoms with Gasteiger partial charge in [-0.05, 0) is 55.2 Å². The number of halogens is 1. The normalized spacial score (nSPS) is 23.3. The third kappa shape index (κ3) is 4.15. The lowest BCUT2D eigenvalue weighted by Crippen LogP contribution is -2.61. The molecule has 1 saturated carbocycles. The number of hydrogen-bond donors (Lipinski definition) is 1. The molecule has 6 heteroatoms. The van der Waals surface area contributed by atoms with E-state index in [0.29, 0.717) is 6.04 Å². The van der Waals surface area contributed by atoms with Gasteiger partial charge in [-0.1, -0.05) is 25.3 Å². The van der Waals surface area contributed by atoms with Gasteiger partial charge in [-0.2, -0.15) is 0 Å². The van der Waals surface area contributed by atoms with E-state index in [1.807, 2.05) is 18.2 Å². The zero-order valence-electron chi connectivity index (χ0n) is 18.7. The quantitative estimate of drug-likeness (QED) is 0.781. The average molecular weight is 438 g/mol. The second-order valence-electron chi connectivity index (χ2n) is 9.33. The molecule has 170 valence electrons. The van der Waals surface area contributed by atoms with Crippen molar-refractivity contribution in [2.45, 2.75) is 50.6 Å². The van der Waals surface area contributed by atoms with Crippen LogP contribution in [-0.2, 0) is 11.2 Å². The number of amides is 1. The fourth-order valence-corrected chi connectivity index (χ4v) is 5.65. The van der Waals surface area contributed by atoms with Crippen molar-refractivity contribution in [3.63, 3.8) is 0 Å². The summed E-state index contributed by atoms with van der Waals surface area (Å²) in [5, 5.41) is 3.38. The predicted octanol–water partition coefficient (Wildman–Crippen LogP) is 4.15. The Balaban J connectivity index is 1.43. The first-order valence-electron chi connectivity index (χ1n) is 11.9. The van der Waals surface area contributed by atoms with Crippen molar-refractivity contribution in [2.24, 2.45) is 5.92 Å². The van der Waals surface area contributed by atoms with Crippen LogP contribution in [0, 0.1) is 11.7 Å². The molecule has 32 heavy (non-hydrogen) atoms. The van der Waals surface area contributed by atoms with Gasteiger partial charge in [0.05, 0.1) is 19.1 Å². The molecule has 0 bridgehead atoms. The first-order valence-corrected chi connectivity index (χ1v) is 11.9. The van der Waals surface area contributed by atoms with Crippen LogP contribution in [0.25, 0.3) is 0 Å². The number of piperazine rings is 1. The summed E-state index contributed by atoms with van der Waals surface area (Å²) in [6.07, 6.45) is 6.58. The SMILES string of the molecule is COc1ccc2c(c1)N1CCN(c3ccc(F)cc3)CC1C(C(=O)NC1CCCCC1)C2. The number of rotatable bonds is 4. The zero-order chi connectivity index (χ0) is 22.1. The minimum Gasteiger partial charge on any atom is -0.497 e. The Bertz CT molecular complexity index is 958. The number of methoxy groups -OCH3 is 1. The molecule has 0 spiro atoms. The molecule has 2 heterocycles. The van der Waals surface area contributed by atoms with Crippen molar-refractivity contribution in [2.75, 3.05) is 36.5 Å². The average Bonchev–Trinajstić information content (AvgIpc) is 2.84. The second kappa shape index (κ2) is 9.00. The maximum absolute atomic E-state index is 13.5. The molecule has 2 atom stereocenters. The highest BCUT2D eigenvalue weighted by molar-refractivity contribution is 5.83. The Hall–Kier alpha value is -2.76. The van der Waals surface area contributed by atoms with Gasteiger partial charge < -0.3 is 19.9 Å². The van der Waals surface area contributed by atoms with Crippen LogP contribution in [-0.4, -0.2) is 44.7 Å². The minimum absolute atomic E-state index is 0.0667. The van der Waals surface area contributed by atoms with Gasteiger partial charge in [-0.25, -0.2) is 4.39 Å². The summed E-state index contributed by atoms with van der Waals surface area (Å²) in [7, 11) is 1.69. The third-order valence-corrected chi connectivity index (χ3v) is 7.40. The molecule has 2 aliphatic heterocycles. The molecule has 2 aromatic carbocycles. The van der Waals surface area contributed by atoms with E-state index in [2.05, 4.69) is 27.2 Å². The van der Waals surface area contributed by atoms with Gasteiger partial charge in [0, 0.05) is 43.1 Å². The van der Waals surface area contributed by atoms with Crippen LogP contribution in [0.3, 0.4) is 0 Å². The number of anilines is 2. The van der Waals surface area contributed by atoms with Crippen LogP contribution < -0.4 is 19.9 Å². The lowest BCUT2D eigenvalue weighted by Gasteiger charge is -2.50. The Morgan fingerprint density at radius 3 is 2.59 bits per heavy atom. The minimum atomic E-state index is -0.226. The first kappa shape index (κ1) is 21.1. The van der Waals surface area contributed by atoms with Crippen molar-refractivity contribution in [1.29, 1.82) is 0 Å². The molecule has 2 fully saturated rings. The summed E-state index contributed by atoms with van der Waals surface area (Å²) >= 11 is 0. The van der Waals surface area contributed by atoms with Crippen LogP contribution in [0.4, 0.5) is 15.8 Å². The second-order valence-corrected chi connectivity index (χ2v) is 9.33. The molecule has 1 N–H and O–H groups in total. The summed E-state index contributed by atoms with van der Waals surface area (Å²) < 4.78 is 18.9. The monoisotopic (exact) mass is 437 g/mol. The highest BCUT2D eigenvalue weighted by atomic mass is 19.1. The highest BCUT2D eigenvalue weighted by Crippen LogP contribution is 2.39. The number of hydrogen-bond acceptors (Lipinski definition) is 4. The van der Waals surface area contributed by atoms with Crippen molar-refractivity contribution in [3.8, 4) is 5.75 Å². The Kier molecular flexibility index (Phi) is 5.94. The lowest BCUT2D eigenvalue weighted by molar-refractivity contribution is -0.126. The van der Waals surface area contributed by atoms with Crippen LogP contribution in [0.1, 0.15) is 37.7 Å². The Morgan fingerprint density at radius 1 is 1.06 bits per heavy atom. The number of fused-ring (bicyclic) bond motifs is 3. The summed E-state index contributed by atoms with van der Waals surface area (Å²) in [6.45, 7) is 2.39. The van der Waals surface area contributed by atoms with Crippen molar-refractivity contribution < 1.29 is 13.9 Å². The van der Waals surface area contributed by atoms with Gasteiger partial charge in [0.2, 0.25) is 5.91 Å². The summed E-state index contributed by atoms with van der Waals surface area (Å²) in [5.74, 6) is 0.680. The van der Waals surface area contributed by atoms with Gasteiger partial charge >= 0.3 is 0 Å². The summed E-state index contributed by atoms with van der Waals surface area (Å²) in [4.78, 5) is 18.2. The van der Waals surface area contributed by atoms with E-state index in [1.165, 1.54) is 42.6 Å². The third-order valence-electron chi connectivity index (χ3n) is 7.40. The van der Waals surface area contributed by atoms with Gasteiger partial charge in [0.15, 0.2) is 0 Å². The maximum Gasteiger partial charge on any atom is 0.225 e. The molecule has 1 amide bonds. The van der Waals surface area contributed by atoms with E-state index < -0.39 is 0 Å². The number of benzene rings is 2. The lowest BCUT2D eigenvalue weighted by atomic mass is 9.82. The number of ether oxygens (including phenoxy) is 1. The molecular weight excluding hydrogens is 405 g/mol. The van der Waals surface area contributed by atoms with Crippen LogP contribution in [0.15, 0.2) is 42.5 Å². The van der Waals surface area contributed by atoms with Gasteiger partial charge in [0.1, 0.15) is 11.6 Å². The molecule has 0 aromatic heterocycles. The fraction of sp³-hybridized carbons (Fsp3) is 0.500.